The van der Waals surface area contributed by atoms with E-state index < -0.39 is 34.3 Å². The molecule has 2 aromatic carbocycles. The molecule has 3 N–H and O–H groups in total. The Morgan fingerprint density at radius 2 is 1.72 bits per heavy atom. The number of rotatable bonds is 5. The number of nitrogens with two attached hydrogens (primary N) is 1. The molecule has 0 aromatic heterocycles. The number of ether oxygens (including phenoxy) is 1. The van der Waals surface area contributed by atoms with Crippen molar-refractivity contribution in [3.63, 3.8) is 0 Å². The van der Waals surface area contributed by atoms with E-state index in [1.54, 1.807) is 0 Å². The smallest absolute Gasteiger partial charge is 0.416 e. The zero-order chi connectivity index (χ0) is 18.8. The number of benzene rings is 2. The fraction of sp³-hybridized carbons (Fsp3) is 0.133. The SMILES string of the molecule is NS(=O)(=O)c1ccc(-c2cc(C(F)(F)F)ccc2OCC(=O)O)cc1. The van der Waals surface area contributed by atoms with Crippen LogP contribution in [0.3, 0.4) is 0 Å². The van der Waals surface area contributed by atoms with Gasteiger partial charge in [0.2, 0.25) is 10.0 Å². The van der Waals surface area contributed by atoms with Crippen molar-refractivity contribution in [1.29, 1.82) is 0 Å². The van der Waals surface area contributed by atoms with Crippen molar-refractivity contribution in [2.45, 2.75) is 11.1 Å². The molecule has 134 valence electrons. The molecule has 0 heterocycles. The summed E-state index contributed by atoms with van der Waals surface area (Å²) in [6.07, 6.45) is -4.61. The van der Waals surface area contributed by atoms with E-state index in [1.807, 2.05) is 0 Å². The zero-order valence-electron chi connectivity index (χ0n) is 12.4. The number of carboxylic acid groups (broad SMARTS) is 1. The molecular formula is C15H12F3NO5S. The van der Waals surface area contributed by atoms with Gasteiger partial charge in [-0.15, -0.1) is 0 Å². The number of sulfonamides is 1. The number of hydrogen-bond donors (Lipinski definition) is 2. The fourth-order valence-electron chi connectivity index (χ4n) is 2.02. The summed E-state index contributed by atoms with van der Waals surface area (Å²) in [6.45, 7) is -0.742. The molecule has 0 fully saturated rings. The van der Waals surface area contributed by atoms with Crippen molar-refractivity contribution >= 4 is 16.0 Å². The van der Waals surface area contributed by atoms with E-state index in [0.717, 1.165) is 30.3 Å². The molecule has 0 atom stereocenters. The minimum atomic E-state index is -4.61. The molecule has 0 bridgehead atoms. The van der Waals surface area contributed by atoms with Crippen LogP contribution in [0.5, 0.6) is 5.75 Å². The monoisotopic (exact) mass is 375 g/mol. The molecule has 2 rings (SSSR count). The van der Waals surface area contributed by atoms with Crippen molar-refractivity contribution in [2.75, 3.05) is 6.61 Å². The lowest BCUT2D eigenvalue weighted by Gasteiger charge is -2.14. The molecule has 10 heteroatoms. The maximum Gasteiger partial charge on any atom is 0.416 e. The van der Waals surface area contributed by atoms with Gasteiger partial charge in [0.15, 0.2) is 6.61 Å². The zero-order valence-corrected chi connectivity index (χ0v) is 13.3. The summed E-state index contributed by atoms with van der Waals surface area (Å²) < 4.78 is 66.3. The average Bonchev–Trinajstić information content (AvgIpc) is 2.51. The molecule has 0 aliphatic rings. The minimum Gasteiger partial charge on any atom is -0.481 e. The highest BCUT2D eigenvalue weighted by atomic mass is 32.2. The van der Waals surface area contributed by atoms with Crippen LogP contribution in [0.4, 0.5) is 13.2 Å². The van der Waals surface area contributed by atoms with Crippen LogP contribution in [-0.2, 0) is 21.0 Å². The topological polar surface area (TPSA) is 107 Å². The molecule has 0 aliphatic heterocycles. The Hall–Kier alpha value is -2.59. The number of carboxylic acids is 1. The maximum atomic E-state index is 12.9. The first-order valence-corrected chi connectivity index (χ1v) is 8.22. The molecule has 0 saturated carbocycles. The third kappa shape index (κ3) is 4.70. The molecule has 0 amide bonds. The van der Waals surface area contributed by atoms with E-state index in [1.165, 1.54) is 12.1 Å². The summed E-state index contributed by atoms with van der Waals surface area (Å²) in [5.74, 6) is -1.38. The normalized spacial score (nSPS) is 12.0. The van der Waals surface area contributed by atoms with Gasteiger partial charge >= 0.3 is 12.1 Å². The van der Waals surface area contributed by atoms with Crippen LogP contribution in [0.25, 0.3) is 11.1 Å². The highest BCUT2D eigenvalue weighted by molar-refractivity contribution is 7.89. The predicted octanol–water partition coefficient (Wildman–Crippen LogP) is 2.48. The molecule has 25 heavy (non-hydrogen) atoms. The maximum absolute atomic E-state index is 12.9. The van der Waals surface area contributed by atoms with Crippen LogP contribution >= 0.6 is 0 Å². The van der Waals surface area contributed by atoms with Crippen molar-refractivity contribution in [3.8, 4) is 16.9 Å². The number of halogens is 3. The Morgan fingerprint density at radius 3 is 2.20 bits per heavy atom. The molecule has 0 radical (unpaired) electrons. The van der Waals surface area contributed by atoms with Gasteiger partial charge in [-0.3, -0.25) is 0 Å². The number of alkyl halides is 3. The van der Waals surface area contributed by atoms with Gasteiger partial charge in [0.1, 0.15) is 5.75 Å². The summed E-state index contributed by atoms with van der Waals surface area (Å²) in [6, 6.07) is 7.33. The Labute approximate surface area is 140 Å². The van der Waals surface area contributed by atoms with Crippen LogP contribution in [0.1, 0.15) is 5.56 Å². The summed E-state index contributed by atoms with van der Waals surface area (Å²) in [5.41, 5.74) is -0.781. The van der Waals surface area contributed by atoms with Crippen LogP contribution in [0.2, 0.25) is 0 Å². The quantitative estimate of drug-likeness (QED) is 0.835. The van der Waals surface area contributed by atoms with E-state index in [4.69, 9.17) is 15.0 Å². The average molecular weight is 375 g/mol. The molecule has 2 aromatic rings. The minimum absolute atomic E-state index is 0.0305. The number of primary sulfonamides is 1. The van der Waals surface area contributed by atoms with Gasteiger partial charge in [0.25, 0.3) is 0 Å². The van der Waals surface area contributed by atoms with Crippen molar-refractivity contribution in [2.24, 2.45) is 5.14 Å². The molecule has 0 saturated heterocycles. The Kier molecular flexibility index (Phi) is 5.04. The third-order valence-electron chi connectivity index (χ3n) is 3.15. The number of aliphatic carboxylic acids is 1. The summed E-state index contributed by atoms with van der Waals surface area (Å²) in [5, 5.41) is 13.6. The van der Waals surface area contributed by atoms with Crippen molar-refractivity contribution in [3.05, 3.63) is 48.0 Å². The van der Waals surface area contributed by atoms with E-state index >= 15 is 0 Å². The molecular weight excluding hydrogens is 363 g/mol. The number of carbonyl (C=O) groups is 1. The first kappa shape index (κ1) is 18.7. The largest absolute Gasteiger partial charge is 0.481 e. The second-order valence-electron chi connectivity index (χ2n) is 4.96. The van der Waals surface area contributed by atoms with E-state index in [0.29, 0.717) is 0 Å². The number of hydrogen-bond acceptors (Lipinski definition) is 4. The second kappa shape index (κ2) is 6.73. The predicted molar refractivity (Wildman–Crippen MR) is 81.4 cm³/mol. The highest BCUT2D eigenvalue weighted by Gasteiger charge is 2.31. The summed E-state index contributed by atoms with van der Waals surface area (Å²) in [4.78, 5) is 10.4. The van der Waals surface area contributed by atoms with Gasteiger partial charge in [-0.2, -0.15) is 13.2 Å². The summed E-state index contributed by atoms with van der Waals surface area (Å²) in [7, 11) is -3.95. The third-order valence-corrected chi connectivity index (χ3v) is 4.08. The van der Waals surface area contributed by atoms with Gasteiger partial charge in [0.05, 0.1) is 10.5 Å². The van der Waals surface area contributed by atoms with Gasteiger partial charge in [-0.25, -0.2) is 18.4 Å². The first-order chi connectivity index (χ1) is 11.5. The Morgan fingerprint density at radius 1 is 1.12 bits per heavy atom. The van der Waals surface area contributed by atoms with Crippen LogP contribution in [-0.4, -0.2) is 26.1 Å². The van der Waals surface area contributed by atoms with Gasteiger partial charge in [-0.1, -0.05) is 12.1 Å². The van der Waals surface area contributed by atoms with Gasteiger partial charge < -0.3 is 9.84 Å². The molecule has 0 aliphatic carbocycles. The standard InChI is InChI=1S/C15H12F3NO5S/c16-15(17,18)10-3-6-13(24-8-14(20)21)12(7-10)9-1-4-11(5-2-9)25(19,22)23/h1-7H,8H2,(H,20,21)(H2,19,22,23). The second-order valence-corrected chi connectivity index (χ2v) is 6.52. The Bertz CT molecular complexity index is 892. The Balaban J connectivity index is 2.53. The lowest BCUT2D eigenvalue weighted by molar-refractivity contribution is -0.140. The lowest BCUT2D eigenvalue weighted by atomic mass is 10.0. The molecule has 6 nitrogen and oxygen atoms in total. The van der Waals surface area contributed by atoms with Crippen molar-refractivity contribution < 1.29 is 36.2 Å². The van der Waals surface area contributed by atoms with E-state index in [-0.39, 0.29) is 21.8 Å². The highest BCUT2D eigenvalue weighted by Crippen LogP contribution is 2.37. The van der Waals surface area contributed by atoms with Crippen LogP contribution < -0.4 is 9.88 Å². The molecule has 0 unspecified atom stereocenters. The van der Waals surface area contributed by atoms with E-state index in [2.05, 4.69) is 0 Å². The van der Waals surface area contributed by atoms with Crippen molar-refractivity contribution in [1.82, 2.24) is 0 Å². The molecule has 0 spiro atoms. The van der Waals surface area contributed by atoms with Gasteiger partial charge in [0, 0.05) is 5.56 Å². The lowest BCUT2D eigenvalue weighted by Crippen LogP contribution is -2.12. The summed E-state index contributed by atoms with van der Waals surface area (Å²) >= 11 is 0. The first-order valence-electron chi connectivity index (χ1n) is 6.67. The fourth-order valence-corrected chi connectivity index (χ4v) is 2.54. The van der Waals surface area contributed by atoms with Gasteiger partial charge in [-0.05, 0) is 35.9 Å². The van der Waals surface area contributed by atoms with Crippen LogP contribution in [0.15, 0.2) is 47.4 Å². The van der Waals surface area contributed by atoms with Crippen LogP contribution in [0, 0.1) is 0 Å². The van der Waals surface area contributed by atoms with E-state index in [9.17, 15) is 26.4 Å².